The van der Waals surface area contributed by atoms with E-state index in [2.05, 4.69) is 56.8 Å². The first-order chi connectivity index (χ1) is 15.4. The number of halogens is 3. The Hall–Kier alpha value is -3.23. The monoisotopic (exact) mass is 437 g/mol. The van der Waals surface area contributed by atoms with Crippen molar-refractivity contribution in [1.29, 1.82) is 0 Å². The van der Waals surface area contributed by atoms with Crippen LogP contribution in [0.1, 0.15) is 41.7 Å². The van der Waals surface area contributed by atoms with E-state index in [9.17, 15) is 13.2 Å². The van der Waals surface area contributed by atoms with Gasteiger partial charge in [-0.2, -0.15) is 18.2 Å². The molecule has 0 aliphatic carbocycles. The van der Waals surface area contributed by atoms with Crippen LogP contribution in [0.15, 0.2) is 65.2 Å². The summed E-state index contributed by atoms with van der Waals surface area (Å²) in [5.74, 6) is -1.43. The topological polar surface area (TPSA) is 54.7 Å². The SMILES string of the molecule is C[C@@H](c1cccc2ccccc12)N1Cc2ccc(-c3noc(C(F)(F)F)n3)cc2C2OC21. The van der Waals surface area contributed by atoms with Crippen molar-refractivity contribution in [2.45, 2.75) is 38.0 Å². The van der Waals surface area contributed by atoms with Gasteiger partial charge in [-0.05, 0) is 40.5 Å². The predicted octanol–water partition coefficient (Wildman–Crippen LogP) is 5.88. The van der Waals surface area contributed by atoms with Crippen LogP contribution in [0.3, 0.4) is 0 Å². The smallest absolute Gasteiger partial charge is 0.348 e. The lowest BCUT2D eigenvalue weighted by atomic mass is 9.93. The minimum Gasteiger partial charge on any atom is -0.348 e. The molecular weight excluding hydrogens is 419 g/mol. The van der Waals surface area contributed by atoms with Crippen LogP contribution >= 0.6 is 0 Å². The van der Waals surface area contributed by atoms with E-state index in [0.29, 0.717) is 12.1 Å². The lowest BCUT2D eigenvalue weighted by Gasteiger charge is -2.32. The summed E-state index contributed by atoms with van der Waals surface area (Å²) in [7, 11) is 0. The zero-order valence-corrected chi connectivity index (χ0v) is 17.0. The third-order valence-corrected chi connectivity index (χ3v) is 6.30. The highest BCUT2D eigenvalue weighted by atomic mass is 19.4. The highest BCUT2D eigenvalue weighted by Gasteiger charge is 2.51. The number of fused-ring (bicyclic) bond motifs is 4. The second-order valence-electron chi connectivity index (χ2n) is 8.20. The van der Waals surface area contributed by atoms with Crippen molar-refractivity contribution < 1.29 is 22.4 Å². The number of rotatable bonds is 3. The summed E-state index contributed by atoms with van der Waals surface area (Å²) in [5.41, 5.74) is 3.77. The fourth-order valence-corrected chi connectivity index (χ4v) is 4.62. The van der Waals surface area contributed by atoms with E-state index in [1.165, 1.54) is 16.3 Å². The van der Waals surface area contributed by atoms with Crippen molar-refractivity contribution in [3.05, 3.63) is 83.2 Å². The minimum atomic E-state index is -4.66. The summed E-state index contributed by atoms with van der Waals surface area (Å²) < 4.78 is 48.8. The van der Waals surface area contributed by atoms with E-state index in [1.807, 2.05) is 24.3 Å². The van der Waals surface area contributed by atoms with Crippen LogP contribution in [-0.4, -0.2) is 21.3 Å². The fourth-order valence-electron chi connectivity index (χ4n) is 4.62. The van der Waals surface area contributed by atoms with Crippen LogP contribution in [0.2, 0.25) is 0 Å². The third-order valence-electron chi connectivity index (χ3n) is 6.30. The molecule has 0 amide bonds. The van der Waals surface area contributed by atoms with Crippen molar-refractivity contribution in [1.82, 2.24) is 15.0 Å². The first-order valence-electron chi connectivity index (χ1n) is 10.3. The summed E-state index contributed by atoms with van der Waals surface area (Å²) in [5, 5.41) is 5.92. The lowest BCUT2D eigenvalue weighted by molar-refractivity contribution is -0.159. The van der Waals surface area contributed by atoms with Gasteiger partial charge in [0.05, 0.1) is 0 Å². The zero-order chi connectivity index (χ0) is 22.0. The van der Waals surface area contributed by atoms with E-state index in [0.717, 1.165) is 11.1 Å². The number of nitrogens with zero attached hydrogens (tertiary/aromatic N) is 3. The number of benzene rings is 3. The first-order valence-corrected chi connectivity index (χ1v) is 10.3. The standard InChI is InChI=1S/C24H18F3N3O2/c1-13(17-8-4-6-14-5-2-3-7-18(14)17)30-12-16-10-9-15(11-19(16)20-22(30)31-20)21-28-23(32-29-21)24(25,26)27/h2-11,13,20,22H,12H2,1H3/t13-,20?,22?/m0/s1. The molecule has 0 bridgehead atoms. The molecule has 3 heterocycles. The molecule has 1 saturated heterocycles. The van der Waals surface area contributed by atoms with Gasteiger partial charge in [0.15, 0.2) is 0 Å². The summed E-state index contributed by atoms with van der Waals surface area (Å²) in [4.78, 5) is 5.82. The largest absolute Gasteiger partial charge is 0.471 e. The summed E-state index contributed by atoms with van der Waals surface area (Å²) in [6, 6.07) is 20.2. The van der Waals surface area contributed by atoms with Gasteiger partial charge < -0.3 is 9.26 Å². The molecule has 0 saturated carbocycles. The number of aromatic nitrogens is 2. The van der Waals surface area contributed by atoms with Gasteiger partial charge in [-0.1, -0.05) is 59.8 Å². The molecule has 3 aromatic carbocycles. The van der Waals surface area contributed by atoms with Gasteiger partial charge in [0, 0.05) is 18.2 Å². The molecule has 32 heavy (non-hydrogen) atoms. The van der Waals surface area contributed by atoms with Gasteiger partial charge in [-0.3, -0.25) is 4.90 Å². The van der Waals surface area contributed by atoms with Crippen LogP contribution < -0.4 is 0 Å². The van der Waals surface area contributed by atoms with Crippen LogP contribution in [0, 0.1) is 0 Å². The molecule has 1 aromatic heterocycles. The molecule has 3 atom stereocenters. The molecule has 0 spiro atoms. The molecule has 4 aromatic rings. The van der Waals surface area contributed by atoms with E-state index in [-0.39, 0.29) is 24.2 Å². The maximum absolute atomic E-state index is 12.8. The molecular formula is C24H18F3N3O2. The molecule has 5 nitrogen and oxygen atoms in total. The molecule has 2 aliphatic heterocycles. The van der Waals surface area contributed by atoms with Crippen LogP contribution in [0.4, 0.5) is 13.2 Å². The Morgan fingerprint density at radius 1 is 1.06 bits per heavy atom. The van der Waals surface area contributed by atoms with Gasteiger partial charge in [-0.15, -0.1) is 0 Å². The number of epoxide rings is 1. The average Bonchev–Trinajstić information content (AvgIpc) is 3.43. The van der Waals surface area contributed by atoms with Gasteiger partial charge >= 0.3 is 12.1 Å². The number of alkyl halides is 3. The maximum Gasteiger partial charge on any atom is 0.471 e. The Labute approximate surface area is 181 Å². The Bertz CT molecular complexity index is 1330. The van der Waals surface area contributed by atoms with Gasteiger partial charge in [0.25, 0.3) is 0 Å². The van der Waals surface area contributed by atoms with E-state index in [1.54, 1.807) is 6.07 Å². The zero-order valence-electron chi connectivity index (χ0n) is 17.0. The van der Waals surface area contributed by atoms with Crippen molar-refractivity contribution >= 4 is 10.8 Å². The van der Waals surface area contributed by atoms with Crippen molar-refractivity contribution in [3.63, 3.8) is 0 Å². The molecule has 0 N–H and O–H groups in total. The van der Waals surface area contributed by atoms with Crippen LogP contribution in [0.25, 0.3) is 22.2 Å². The highest BCUT2D eigenvalue weighted by molar-refractivity contribution is 5.86. The normalized spacial score (nSPS) is 21.2. The second-order valence-corrected chi connectivity index (χ2v) is 8.20. The Balaban J connectivity index is 1.31. The fraction of sp³-hybridized carbons (Fsp3) is 0.250. The van der Waals surface area contributed by atoms with Crippen LogP contribution in [-0.2, 0) is 17.5 Å². The molecule has 1 fully saturated rings. The van der Waals surface area contributed by atoms with Crippen LogP contribution in [0.5, 0.6) is 0 Å². The van der Waals surface area contributed by atoms with Gasteiger partial charge in [0.2, 0.25) is 5.82 Å². The first kappa shape index (κ1) is 19.5. The minimum absolute atomic E-state index is 0.0669. The van der Waals surface area contributed by atoms with Crippen molar-refractivity contribution in [3.8, 4) is 11.4 Å². The Kier molecular flexibility index (Phi) is 4.18. The highest BCUT2D eigenvalue weighted by Crippen LogP contribution is 2.51. The van der Waals surface area contributed by atoms with Crippen molar-refractivity contribution in [2.24, 2.45) is 0 Å². The third kappa shape index (κ3) is 3.10. The summed E-state index contributed by atoms with van der Waals surface area (Å²) >= 11 is 0. The van der Waals surface area contributed by atoms with E-state index in [4.69, 9.17) is 4.74 Å². The molecule has 162 valence electrons. The Morgan fingerprint density at radius 2 is 1.88 bits per heavy atom. The molecule has 2 aliphatic rings. The second kappa shape index (κ2) is 6.88. The summed E-state index contributed by atoms with van der Waals surface area (Å²) in [6.07, 6.45) is -4.85. The molecule has 6 rings (SSSR count). The van der Waals surface area contributed by atoms with E-state index < -0.39 is 12.1 Å². The maximum atomic E-state index is 12.8. The summed E-state index contributed by atoms with van der Waals surface area (Å²) in [6.45, 7) is 2.86. The Morgan fingerprint density at radius 3 is 2.69 bits per heavy atom. The van der Waals surface area contributed by atoms with E-state index >= 15 is 0 Å². The number of ether oxygens (including phenoxy) is 1. The lowest BCUT2D eigenvalue weighted by Crippen LogP contribution is -2.33. The predicted molar refractivity (Wildman–Crippen MR) is 110 cm³/mol. The molecule has 0 radical (unpaired) electrons. The number of hydrogen-bond donors (Lipinski definition) is 0. The molecule has 2 unspecified atom stereocenters. The molecule has 8 heteroatoms. The number of hydrogen-bond acceptors (Lipinski definition) is 5. The van der Waals surface area contributed by atoms with Gasteiger partial charge in [0.1, 0.15) is 12.3 Å². The van der Waals surface area contributed by atoms with Crippen molar-refractivity contribution in [2.75, 3.05) is 0 Å². The quantitative estimate of drug-likeness (QED) is 0.375. The average molecular weight is 437 g/mol. The van der Waals surface area contributed by atoms with Gasteiger partial charge in [-0.25, -0.2) is 0 Å².